The Bertz CT molecular complexity index is 404. The maximum Gasteiger partial charge on any atom is 0.410 e. The molecular formula is C12H17N3O4. The van der Waals surface area contributed by atoms with Gasteiger partial charge in [0.05, 0.1) is 25.1 Å². The van der Waals surface area contributed by atoms with E-state index in [9.17, 15) is 4.79 Å². The summed E-state index contributed by atoms with van der Waals surface area (Å²) in [6.45, 7) is 1.35. The summed E-state index contributed by atoms with van der Waals surface area (Å²) in [7, 11) is 0. The smallest absolute Gasteiger partial charge is 0.410 e. The molecule has 0 aromatic carbocycles. The predicted molar refractivity (Wildman–Crippen MR) is 67.4 cm³/mol. The van der Waals surface area contributed by atoms with Crippen LogP contribution in [0.15, 0.2) is 12.4 Å². The zero-order chi connectivity index (χ0) is 13.5. The zero-order valence-corrected chi connectivity index (χ0v) is 10.5. The largest absolute Gasteiger partial charge is 0.476 e. The van der Waals surface area contributed by atoms with Crippen LogP contribution in [0.2, 0.25) is 0 Å². The maximum atomic E-state index is 10.4. The van der Waals surface area contributed by atoms with Crippen molar-refractivity contribution in [3.63, 3.8) is 0 Å². The molecule has 1 aliphatic heterocycles. The van der Waals surface area contributed by atoms with Gasteiger partial charge in [0, 0.05) is 13.0 Å². The molecule has 0 saturated carbocycles. The SMILES string of the molecule is O=C(O)Nc1cnc(OCCC2CCCCO2)cn1. The van der Waals surface area contributed by atoms with Crippen molar-refractivity contribution in [1.82, 2.24) is 9.97 Å². The van der Waals surface area contributed by atoms with Crippen LogP contribution < -0.4 is 10.1 Å². The number of nitrogens with one attached hydrogen (secondary N) is 1. The summed E-state index contributed by atoms with van der Waals surface area (Å²) >= 11 is 0. The van der Waals surface area contributed by atoms with Crippen LogP contribution in [0, 0.1) is 0 Å². The molecular weight excluding hydrogens is 250 g/mol. The summed E-state index contributed by atoms with van der Waals surface area (Å²) in [5, 5.41) is 10.6. The van der Waals surface area contributed by atoms with Crippen molar-refractivity contribution in [2.45, 2.75) is 31.8 Å². The van der Waals surface area contributed by atoms with E-state index in [4.69, 9.17) is 14.6 Å². The predicted octanol–water partition coefficient (Wildman–Crippen LogP) is 1.90. The molecule has 7 nitrogen and oxygen atoms in total. The third-order valence-electron chi connectivity index (χ3n) is 2.83. The van der Waals surface area contributed by atoms with Gasteiger partial charge in [-0.25, -0.2) is 14.8 Å². The lowest BCUT2D eigenvalue weighted by Gasteiger charge is -2.22. The summed E-state index contributed by atoms with van der Waals surface area (Å²) < 4.78 is 11.0. The van der Waals surface area contributed by atoms with Gasteiger partial charge in [0.15, 0.2) is 5.82 Å². The minimum Gasteiger partial charge on any atom is -0.476 e. The second-order valence-corrected chi connectivity index (χ2v) is 4.30. The van der Waals surface area contributed by atoms with Gasteiger partial charge in [-0.2, -0.15) is 0 Å². The average molecular weight is 267 g/mol. The van der Waals surface area contributed by atoms with Crippen molar-refractivity contribution >= 4 is 11.9 Å². The van der Waals surface area contributed by atoms with E-state index < -0.39 is 6.09 Å². The first-order valence-corrected chi connectivity index (χ1v) is 6.30. The van der Waals surface area contributed by atoms with Gasteiger partial charge in [-0.15, -0.1) is 0 Å². The van der Waals surface area contributed by atoms with Crippen molar-refractivity contribution in [3.8, 4) is 5.88 Å². The Hall–Kier alpha value is -1.89. The second-order valence-electron chi connectivity index (χ2n) is 4.30. The molecule has 1 fully saturated rings. The van der Waals surface area contributed by atoms with Crippen LogP contribution in [-0.4, -0.2) is 40.5 Å². The van der Waals surface area contributed by atoms with E-state index in [1.165, 1.54) is 18.8 Å². The summed E-state index contributed by atoms with van der Waals surface area (Å²) in [4.78, 5) is 18.2. The molecule has 2 N–H and O–H groups in total. The lowest BCUT2D eigenvalue weighted by atomic mass is 10.1. The number of amides is 1. The van der Waals surface area contributed by atoms with E-state index in [1.807, 2.05) is 0 Å². The highest BCUT2D eigenvalue weighted by atomic mass is 16.5. The molecule has 7 heteroatoms. The Kier molecular flexibility index (Phi) is 4.91. The van der Waals surface area contributed by atoms with E-state index in [-0.39, 0.29) is 11.9 Å². The van der Waals surface area contributed by atoms with Crippen LogP contribution in [0.3, 0.4) is 0 Å². The fraction of sp³-hybridized carbons (Fsp3) is 0.583. The topological polar surface area (TPSA) is 93.6 Å². The molecule has 1 aromatic heterocycles. The number of carbonyl (C=O) groups is 1. The molecule has 104 valence electrons. The lowest BCUT2D eigenvalue weighted by molar-refractivity contribution is 0.00375. The number of ether oxygens (including phenoxy) is 2. The number of aromatic nitrogens is 2. The van der Waals surface area contributed by atoms with Gasteiger partial charge in [0.2, 0.25) is 5.88 Å². The number of hydrogen-bond donors (Lipinski definition) is 2. The molecule has 1 atom stereocenters. The van der Waals surface area contributed by atoms with Crippen LogP contribution in [0.25, 0.3) is 0 Å². The minimum atomic E-state index is -1.17. The monoisotopic (exact) mass is 267 g/mol. The molecule has 0 spiro atoms. The maximum absolute atomic E-state index is 10.4. The van der Waals surface area contributed by atoms with E-state index in [1.54, 1.807) is 0 Å². The zero-order valence-electron chi connectivity index (χ0n) is 10.5. The van der Waals surface area contributed by atoms with Gasteiger partial charge in [0.25, 0.3) is 0 Å². The van der Waals surface area contributed by atoms with Crippen LogP contribution in [0.5, 0.6) is 5.88 Å². The van der Waals surface area contributed by atoms with Gasteiger partial charge in [-0.3, -0.25) is 5.32 Å². The Balaban J connectivity index is 1.71. The standard InChI is InChI=1S/C12H17N3O4/c16-12(17)15-10-7-14-11(8-13-10)19-6-4-9-3-1-2-5-18-9/h7-9H,1-6H2,(H,13,15)(H,16,17). The van der Waals surface area contributed by atoms with Gasteiger partial charge in [0.1, 0.15) is 0 Å². The highest BCUT2D eigenvalue weighted by Gasteiger charge is 2.13. The quantitative estimate of drug-likeness (QED) is 0.846. The molecule has 2 heterocycles. The van der Waals surface area contributed by atoms with E-state index >= 15 is 0 Å². The van der Waals surface area contributed by atoms with Crippen LogP contribution >= 0.6 is 0 Å². The van der Waals surface area contributed by atoms with Crippen molar-refractivity contribution in [2.75, 3.05) is 18.5 Å². The average Bonchev–Trinajstić information content (AvgIpc) is 2.41. The Morgan fingerprint density at radius 3 is 3.00 bits per heavy atom. The van der Waals surface area contributed by atoms with Crippen LogP contribution in [-0.2, 0) is 4.74 Å². The number of rotatable bonds is 5. The fourth-order valence-corrected chi connectivity index (χ4v) is 1.89. The molecule has 0 bridgehead atoms. The molecule has 1 saturated heterocycles. The number of hydrogen-bond acceptors (Lipinski definition) is 5. The normalized spacial score (nSPS) is 18.8. The Morgan fingerprint density at radius 1 is 1.47 bits per heavy atom. The van der Waals surface area contributed by atoms with Crippen LogP contribution in [0.4, 0.5) is 10.6 Å². The van der Waals surface area contributed by atoms with Gasteiger partial charge < -0.3 is 14.6 Å². The lowest BCUT2D eigenvalue weighted by Crippen LogP contribution is -2.21. The first kappa shape index (κ1) is 13.5. The summed E-state index contributed by atoms with van der Waals surface area (Å²) in [5.41, 5.74) is 0. The molecule has 0 radical (unpaired) electrons. The molecule has 19 heavy (non-hydrogen) atoms. The minimum absolute atomic E-state index is 0.176. The van der Waals surface area contributed by atoms with Gasteiger partial charge >= 0.3 is 6.09 Å². The fourth-order valence-electron chi connectivity index (χ4n) is 1.89. The first-order valence-electron chi connectivity index (χ1n) is 6.30. The van der Waals surface area contributed by atoms with Gasteiger partial charge in [-0.05, 0) is 19.3 Å². The van der Waals surface area contributed by atoms with E-state index in [2.05, 4.69) is 15.3 Å². The molecule has 1 aromatic rings. The molecule has 1 aliphatic rings. The first-order chi connectivity index (χ1) is 9.24. The number of anilines is 1. The third kappa shape index (κ3) is 4.70. The molecule has 1 amide bonds. The van der Waals surface area contributed by atoms with Crippen LogP contribution in [0.1, 0.15) is 25.7 Å². The van der Waals surface area contributed by atoms with Crippen molar-refractivity contribution in [2.24, 2.45) is 0 Å². The Morgan fingerprint density at radius 2 is 2.37 bits per heavy atom. The van der Waals surface area contributed by atoms with Gasteiger partial charge in [-0.1, -0.05) is 0 Å². The summed E-state index contributed by atoms with van der Waals surface area (Å²) in [6, 6.07) is 0. The Labute approximate surface area is 111 Å². The van der Waals surface area contributed by atoms with Crippen molar-refractivity contribution < 1.29 is 19.4 Å². The molecule has 2 rings (SSSR count). The number of nitrogens with zero attached hydrogens (tertiary/aromatic N) is 2. The third-order valence-corrected chi connectivity index (χ3v) is 2.83. The van der Waals surface area contributed by atoms with Crippen molar-refractivity contribution in [3.05, 3.63) is 12.4 Å². The highest BCUT2D eigenvalue weighted by molar-refractivity contribution is 5.81. The summed E-state index contributed by atoms with van der Waals surface area (Å²) in [6.07, 6.45) is 6.08. The van der Waals surface area contributed by atoms with E-state index in [0.29, 0.717) is 12.5 Å². The molecule has 1 unspecified atom stereocenters. The second kappa shape index (κ2) is 6.89. The highest BCUT2D eigenvalue weighted by Crippen LogP contribution is 2.16. The van der Waals surface area contributed by atoms with Crippen molar-refractivity contribution in [1.29, 1.82) is 0 Å². The summed E-state index contributed by atoms with van der Waals surface area (Å²) in [5.74, 6) is 0.558. The molecule has 0 aliphatic carbocycles. The van der Waals surface area contributed by atoms with E-state index in [0.717, 1.165) is 25.9 Å². The number of carboxylic acid groups (broad SMARTS) is 1.